The van der Waals surface area contributed by atoms with Crippen molar-refractivity contribution in [2.24, 2.45) is 0 Å². The van der Waals surface area contributed by atoms with Crippen molar-refractivity contribution in [1.29, 1.82) is 0 Å². The summed E-state index contributed by atoms with van der Waals surface area (Å²) in [6.45, 7) is 0. The maximum Gasteiger partial charge on any atom is 0.201 e. The van der Waals surface area contributed by atoms with Gasteiger partial charge in [-0.25, -0.2) is 4.98 Å². The molecule has 1 unspecified atom stereocenters. The van der Waals surface area contributed by atoms with Crippen molar-refractivity contribution < 1.29 is 4.74 Å². The molecule has 21 heavy (non-hydrogen) atoms. The Morgan fingerprint density at radius 2 is 2.29 bits per heavy atom. The molecule has 0 spiro atoms. The Hall–Kier alpha value is -2.01. The number of nitrogens with two attached hydrogens (primary N) is 1. The molecule has 2 N–H and O–H groups in total. The molecule has 0 aliphatic heterocycles. The first-order valence-corrected chi connectivity index (χ1v) is 8.04. The topological polar surface area (TPSA) is 53.1 Å². The second-order valence-electron chi connectivity index (χ2n) is 5.38. The molecule has 4 nitrogen and oxygen atoms in total. The standard InChI is InChI=1S/C16H17N3OS/c1-20-13-6-2-5-12-15(13)18-16(17)19(12)11-4-3-7-14-10(11)8-9-21-14/h2,5-6,8-9,11H,3-4,7H2,1H3,(H2,17,18). The van der Waals surface area contributed by atoms with Crippen LogP contribution in [0.15, 0.2) is 29.6 Å². The van der Waals surface area contributed by atoms with Gasteiger partial charge >= 0.3 is 0 Å². The second-order valence-corrected chi connectivity index (χ2v) is 6.38. The quantitative estimate of drug-likeness (QED) is 0.786. The van der Waals surface area contributed by atoms with Gasteiger partial charge in [-0.3, -0.25) is 0 Å². The molecular weight excluding hydrogens is 282 g/mol. The van der Waals surface area contributed by atoms with Crippen LogP contribution in [0.3, 0.4) is 0 Å². The van der Waals surface area contributed by atoms with Crippen LogP contribution in [-0.2, 0) is 6.42 Å². The van der Waals surface area contributed by atoms with E-state index in [0.717, 1.165) is 23.2 Å². The van der Waals surface area contributed by atoms with Crippen molar-refractivity contribution in [2.45, 2.75) is 25.3 Å². The number of para-hydroxylation sites is 1. The largest absolute Gasteiger partial charge is 0.494 e. The van der Waals surface area contributed by atoms with Crippen LogP contribution in [0, 0.1) is 0 Å². The van der Waals surface area contributed by atoms with Crippen LogP contribution < -0.4 is 10.5 Å². The van der Waals surface area contributed by atoms with Gasteiger partial charge in [0.05, 0.1) is 18.7 Å². The molecule has 3 aromatic rings. The van der Waals surface area contributed by atoms with Crippen LogP contribution in [0.4, 0.5) is 5.95 Å². The highest BCUT2D eigenvalue weighted by Crippen LogP contribution is 2.40. The maximum atomic E-state index is 6.23. The number of rotatable bonds is 2. The van der Waals surface area contributed by atoms with E-state index in [1.165, 1.54) is 23.3 Å². The molecule has 1 aromatic carbocycles. The van der Waals surface area contributed by atoms with E-state index in [-0.39, 0.29) is 6.04 Å². The van der Waals surface area contributed by atoms with Gasteiger partial charge in [0.2, 0.25) is 5.95 Å². The normalized spacial score (nSPS) is 17.9. The van der Waals surface area contributed by atoms with E-state index in [2.05, 4.69) is 27.1 Å². The fourth-order valence-electron chi connectivity index (χ4n) is 3.33. The lowest BCUT2D eigenvalue weighted by Gasteiger charge is -2.25. The first-order valence-electron chi connectivity index (χ1n) is 7.16. The predicted molar refractivity (Wildman–Crippen MR) is 86.1 cm³/mol. The number of methoxy groups -OCH3 is 1. The average Bonchev–Trinajstić information content (AvgIpc) is 3.09. The number of ether oxygens (including phenoxy) is 1. The third kappa shape index (κ3) is 1.84. The Kier molecular flexibility index (Phi) is 2.89. The first kappa shape index (κ1) is 12.7. The Morgan fingerprint density at radius 1 is 1.38 bits per heavy atom. The van der Waals surface area contributed by atoms with E-state index in [4.69, 9.17) is 10.5 Å². The lowest BCUT2D eigenvalue weighted by molar-refractivity contribution is 0.419. The number of thiophene rings is 1. The second kappa shape index (κ2) is 4.77. The summed E-state index contributed by atoms with van der Waals surface area (Å²) in [6, 6.07) is 8.51. The van der Waals surface area contributed by atoms with Gasteiger partial charge in [-0.15, -0.1) is 11.3 Å². The third-order valence-electron chi connectivity index (χ3n) is 4.26. The van der Waals surface area contributed by atoms with Crippen LogP contribution in [0.5, 0.6) is 5.75 Å². The molecule has 0 fully saturated rings. The number of nitrogens with zero attached hydrogens (tertiary/aromatic N) is 2. The van der Waals surface area contributed by atoms with E-state index in [0.29, 0.717) is 5.95 Å². The number of hydrogen-bond donors (Lipinski definition) is 1. The van der Waals surface area contributed by atoms with E-state index in [1.54, 1.807) is 7.11 Å². The van der Waals surface area contributed by atoms with Crippen LogP contribution in [0.25, 0.3) is 11.0 Å². The molecule has 0 radical (unpaired) electrons. The zero-order chi connectivity index (χ0) is 14.4. The van der Waals surface area contributed by atoms with Gasteiger partial charge in [0.25, 0.3) is 0 Å². The zero-order valence-corrected chi connectivity index (χ0v) is 12.7. The molecule has 1 atom stereocenters. The number of aromatic nitrogens is 2. The summed E-state index contributed by atoms with van der Waals surface area (Å²) in [5, 5.41) is 2.18. The average molecular weight is 299 g/mol. The van der Waals surface area contributed by atoms with Crippen LogP contribution in [0.1, 0.15) is 29.3 Å². The van der Waals surface area contributed by atoms with Gasteiger partial charge in [0.1, 0.15) is 11.3 Å². The Morgan fingerprint density at radius 3 is 3.14 bits per heavy atom. The van der Waals surface area contributed by atoms with Crippen molar-refractivity contribution in [3.8, 4) is 5.75 Å². The molecule has 0 amide bonds. The molecule has 0 saturated carbocycles. The molecule has 5 heteroatoms. The Labute approximate surface area is 127 Å². The minimum Gasteiger partial charge on any atom is -0.494 e. The number of fused-ring (bicyclic) bond motifs is 2. The van der Waals surface area contributed by atoms with Crippen molar-refractivity contribution in [3.63, 3.8) is 0 Å². The van der Waals surface area contributed by atoms with Crippen LogP contribution >= 0.6 is 11.3 Å². The molecule has 2 aromatic heterocycles. The van der Waals surface area contributed by atoms with Crippen molar-refractivity contribution in [1.82, 2.24) is 9.55 Å². The smallest absolute Gasteiger partial charge is 0.201 e. The van der Waals surface area contributed by atoms with E-state index < -0.39 is 0 Å². The number of benzene rings is 1. The van der Waals surface area contributed by atoms with Gasteiger partial charge in [-0.1, -0.05) is 6.07 Å². The molecule has 4 rings (SSSR count). The highest BCUT2D eigenvalue weighted by molar-refractivity contribution is 7.10. The van der Waals surface area contributed by atoms with Gasteiger partial charge < -0.3 is 15.0 Å². The summed E-state index contributed by atoms with van der Waals surface area (Å²) in [4.78, 5) is 6.02. The Bertz CT molecular complexity index is 805. The van der Waals surface area contributed by atoms with Gasteiger partial charge in [0.15, 0.2) is 0 Å². The zero-order valence-electron chi connectivity index (χ0n) is 11.9. The molecule has 108 valence electrons. The number of aryl methyl sites for hydroxylation is 1. The predicted octanol–water partition coefficient (Wildman–Crippen LogP) is 3.61. The third-order valence-corrected chi connectivity index (χ3v) is 5.26. The highest BCUT2D eigenvalue weighted by Gasteiger charge is 2.26. The molecular formula is C16H17N3OS. The summed E-state index contributed by atoms with van der Waals surface area (Å²) in [5.74, 6) is 1.35. The van der Waals surface area contributed by atoms with Crippen molar-refractivity contribution in [2.75, 3.05) is 12.8 Å². The Balaban J connectivity index is 1.94. The van der Waals surface area contributed by atoms with E-state index in [1.807, 2.05) is 23.5 Å². The monoisotopic (exact) mass is 299 g/mol. The fourth-order valence-corrected chi connectivity index (χ4v) is 4.31. The number of nitrogen functional groups attached to an aromatic ring is 1. The summed E-state index contributed by atoms with van der Waals surface area (Å²) < 4.78 is 7.58. The summed E-state index contributed by atoms with van der Waals surface area (Å²) in [7, 11) is 1.67. The van der Waals surface area contributed by atoms with Gasteiger partial charge in [-0.2, -0.15) is 0 Å². The van der Waals surface area contributed by atoms with Gasteiger partial charge in [0, 0.05) is 4.88 Å². The van der Waals surface area contributed by atoms with Crippen LogP contribution in [-0.4, -0.2) is 16.7 Å². The van der Waals surface area contributed by atoms with Gasteiger partial charge in [-0.05, 0) is 48.4 Å². The summed E-state index contributed by atoms with van der Waals surface area (Å²) >= 11 is 1.85. The van der Waals surface area contributed by atoms with Crippen LogP contribution in [0.2, 0.25) is 0 Å². The summed E-state index contributed by atoms with van der Waals surface area (Å²) in [6.07, 6.45) is 3.48. The van der Waals surface area contributed by atoms with Crippen molar-refractivity contribution >= 4 is 28.3 Å². The minimum atomic E-state index is 0.289. The molecule has 1 aliphatic carbocycles. The van der Waals surface area contributed by atoms with Crippen molar-refractivity contribution in [3.05, 3.63) is 40.1 Å². The minimum absolute atomic E-state index is 0.289. The molecule has 0 saturated heterocycles. The molecule has 2 heterocycles. The van der Waals surface area contributed by atoms with E-state index in [9.17, 15) is 0 Å². The summed E-state index contributed by atoms with van der Waals surface area (Å²) in [5.41, 5.74) is 9.54. The van der Waals surface area contributed by atoms with E-state index >= 15 is 0 Å². The first-order chi connectivity index (χ1) is 10.3. The maximum absolute atomic E-state index is 6.23. The fraction of sp³-hybridized carbons (Fsp3) is 0.312. The number of anilines is 1. The lowest BCUT2D eigenvalue weighted by atomic mass is 9.93. The molecule has 1 aliphatic rings. The number of hydrogen-bond acceptors (Lipinski definition) is 4. The lowest BCUT2D eigenvalue weighted by Crippen LogP contribution is -2.17. The molecule has 0 bridgehead atoms. The highest BCUT2D eigenvalue weighted by atomic mass is 32.1. The number of imidazole rings is 1. The SMILES string of the molecule is COc1cccc2c1nc(N)n2C1CCCc2sccc21.